The van der Waals surface area contributed by atoms with Gasteiger partial charge in [0.2, 0.25) is 5.66 Å². The second-order valence-electron chi connectivity index (χ2n) is 3.16. The van der Waals surface area contributed by atoms with Crippen LogP contribution in [-0.2, 0) is 5.66 Å². The summed E-state index contributed by atoms with van der Waals surface area (Å²) in [6, 6.07) is 7.35. The fourth-order valence-electron chi connectivity index (χ4n) is 1.40. The van der Waals surface area contributed by atoms with Crippen molar-refractivity contribution >= 4 is 0 Å². The highest BCUT2D eigenvalue weighted by molar-refractivity contribution is 5.44. The number of hydrazine groups is 1. The summed E-state index contributed by atoms with van der Waals surface area (Å²) in [6.45, 7) is 0. The van der Waals surface area contributed by atoms with Gasteiger partial charge in [-0.3, -0.25) is 0 Å². The number of hydrogen-bond acceptors (Lipinski definition) is 3. The van der Waals surface area contributed by atoms with E-state index < -0.39 is 11.8 Å². The maximum Gasteiger partial charge on any atom is 0.426 e. The molecule has 1 aromatic carbocycles. The number of nitrogens with zero attached hydrogens (tertiary/aromatic N) is 1. The third-order valence-electron chi connectivity index (χ3n) is 2.25. The van der Waals surface area contributed by atoms with Gasteiger partial charge in [0.15, 0.2) is 0 Å². The van der Waals surface area contributed by atoms with Gasteiger partial charge in [-0.15, -0.1) is 0 Å². The van der Waals surface area contributed by atoms with E-state index in [1.807, 2.05) is 0 Å². The Hall–Kier alpha value is -1.58. The van der Waals surface area contributed by atoms with E-state index in [0.717, 1.165) is 0 Å². The van der Waals surface area contributed by atoms with Gasteiger partial charge in [0, 0.05) is 5.56 Å². The average molecular weight is 213 g/mol. The van der Waals surface area contributed by atoms with Crippen molar-refractivity contribution in [2.45, 2.75) is 11.8 Å². The second kappa shape index (κ2) is 2.95. The third kappa shape index (κ3) is 1.37. The lowest BCUT2D eigenvalue weighted by atomic mass is 9.98. The SMILES string of the molecule is N#Cc1ccccc1C1(C(F)(F)F)NN1. The lowest BCUT2D eigenvalue weighted by molar-refractivity contribution is -0.165. The van der Waals surface area contributed by atoms with E-state index in [1.165, 1.54) is 24.3 Å². The van der Waals surface area contributed by atoms with Crippen LogP contribution in [0.1, 0.15) is 11.1 Å². The molecule has 0 unspecified atom stereocenters. The van der Waals surface area contributed by atoms with Gasteiger partial charge >= 0.3 is 6.18 Å². The predicted octanol–water partition coefficient (Wildman–Crippen LogP) is 1.38. The number of halogens is 3. The molecule has 1 fully saturated rings. The lowest BCUT2D eigenvalue weighted by Gasteiger charge is -2.16. The molecule has 1 aliphatic heterocycles. The van der Waals surface area contributed by atoms with Gasteiger partial charge in [0.05, 0.1) is 11.6 Å². The fourth-order valence-corrected chi connectivity index (χ4v) is 1.40. The number of hydrogen-bond donors (Lipinski definition) is 2. The van der Waals surface area contributed by atoms with Gasteiger partial charge < -0.3 is 0 Å². The van der Waals surface area contributed by atoms with Crippen LogP contribution in [0.3, 0.4) is 0 Å². The van der Waals surface area contributed by atoms with Gasteiger partial charge in [0.25, 0.3) is 0 Å². The Kier molecular flexibility index (Phi) is 1.96. The second-order valence-corrected chi connectivity index (χ2v) is 3.16. The van der Waals surface area contributed by atoms with Crippen LogP contribution in [0.25, 0.3) is 0 Å². The summed E-state index contributed by atoms with van der Waals surface area (Å²) >= 11 is 0. The van der Waals surface area contributed by atoms with Crippen molar-refractivity contribution in [2.24, 2.45) is 0 Å². The first-order valence-electron chi connectivity index (χ1n) is 4.12. The van der Waals surface area contributed by atoms with Crippen LogP contribution in [0, 0.1) is 11.3 Å². The molecule has 6 heteroatoms. The first kappa shape index (κ1) is 9.96. The van der Waals surface area contributed by atoms with E-state index in [2.05, 4.69) is 10.9 Å². The van der Waals surface area contributed by atoms with Gasteiger partial charge in [-0.25, -0.2) is 10.9 Å². The van der Waals surface area contributed by atoms with E-state index in [-0.39, 0.29) is 11.1 Å². The summed E-state index contributed by atoms with van der Waals surface area (Å²) in [5.41, 5.74) is 1.76. The minimum Gasteiger partial charge on any atom is -0.223 e. The van der Waals surface area contributed by atoms with Crippen LogP contribution in [0.4, 0.5) is 13.2 Å². The zero-order valence-electron chi connectivity index (χ0n) is 7.39. The molecule has 0 spiro atoms. The largest absolute Gasteiger partial charge is 0.426 e. The summed E-state index contributed by atoms with van der Waals surface area (Å²) in [5, 5.41) is 8.70. The molecule has 1 heterocycles. The lowest BCUT2D eigenvalue weighted by Crippen LogP contribution is -2.35. The van der Waals surface area contributed by atoms with Crippen molar-refractivity contribution in [3.8, 4) is 6.07 Å². The van der Waals surface area contributed by atoms with Gasteiger partial charge in [-0.2, -0.15) is 18.4 Å². The van der Waals surface area contributed by atoms with E-state index in [4.69, 9.17) is 5.26 Å². The molecule has 3 nitrogen and oxygen atoms in total. The van der Waals surface area contributed by atoms with Crippen LogP contribution in [0.15, 0.2) is 24.3 Å². The number of alkyl halides is 3. The fraction of sp³-hybridized carbons (Fsp3) is 0.222. The maximum atomic E-state index is 12.7. The summed E-state index contributed by atoms with van der Waals surface area (Å²) < 4.78 is 38.0. The number of nitriles is 1. The predicted molar refractivity (Wildman–Crippen MR) is 45.2 cm³/mol. The van der Waals surface area contributed by atoms with Crippen molar-refractivity contribution in [3.05, 3.63) is 35.4 Å². The standard InChI is InChI=1S/C9H6F3N3/c10-9(11,12)8(14-15-8)7-4-2-1-3-6(7)5-13/h1-4,14-15H. The first-order chi connectivity index (χ1) is 7.01. The molecule has 15 heavy (non-hydrogen) atoms. The maximum absolute atomic E-state index is 12.7. The Morgan fingerprint density at radius 1 is 1.20 bits per heavy atom. The Labute approximate surface area is 83.5 Å². The molecule has 0 aliphatic carbocycles. The Balaban J connectivity index is 2.52. The molecule has 0 saturated carbocycles. The highest BCUT2D eigenvalue weighted by Crippen LogP contribution is 2.43. The number of nitrogens with one attached hydrogen (secondary N) is 2. The highest BCUT2D eigenvalue weighted by Gasteiger charge is 2.66. The van der Waals surface area contributed by atoms with E-state index >= 15 is 0 Å². The molecule has 0 amide bonds. The molecular weight excluding hydrogens is 207 g/mol. The van der Waals surface area contributed by atoms with Crippen LogP contribution in [0.5, 0.6) is 0 Å². The quantitative estimate of drug-likeness (QED) is 0.692. The summed E-state index contributed by atoms with van der Waals surface area (Å²) in [5.74, 6) is 0. The molecule has 1 aliphatic rings. The van der Waals surface area contributed by atoms with Gasteiger partial charge in [-0.1, -0.05) is 18.2 Å². The molecule has 0 aromatic heterocycles. The summed E-state index contributed by atoms with van der Waals surface area (Å²) in [6.07, 6.45) is -4.47. The van der Waals surface area contributed by atoms with Crippen LogP contribution >= 0.6 is 0 Å². The van der Waals surface area contributed by atoms with Crippen molar-refractivity contribution in [2.75, 3.05) is 0 Å². The Morgan fingerprint density at radius 2 is 1.80 bits per heavy atom. The smallest absolute Gasteiger partial charge is 0.223 e. The zero-order chi connectivity index (χ0) is 11.1. The number of rotatable bonds is 1. The van der Waals surface area contributed by atoms with Crippen LogP contribution in [-0.4, -0.2) is 6.18 Å². The third-order valence-corrected chi connectivity index (χ3v) is 2.25. The van der Waals surface area contributed by atoms with Crippen molar-refractivity contribution in [3.63, 3.8) is 0 Å². The molecule has 0 bridgehead atoms. The molecule has 78 valence electrons. The van der Waals surface area contributed by atoms with E-state index in [0.29, 0.717) is 0 Å². The summed E-state index contributed by atoms with van der Waals surface area (Å²) in [7, 11) is 0. The molecule has 2 N–H and O–H groups in total. The molecule has 0 radical (unpaired) electrons. The number of benzene rings is 1. The minimum atomic E-state index is -4.47. The van der Waals surface area contributed by atoms with Crippen molar-refractivity contribution in [1.29, 1.82) is 5.26 Å². The minimum absolute atomic E-state index is 0.00678. The summed E-state index contributed by atoms with van der Waals surface area (Å²) in [4.78, 5) is 0. The van der Waals surface area contributed by atoms with Crippen LogP contribution < -0.4 is 10.9 Å². The van der Waals surface area contributed by atoms with Gasteiger partial charge in [0.1, 0.15) is 0 Å². The highest BCUT2D eigenvalue weighted by atomic mass is 19.4. The topological polar surface area (TPSA) is 67.7 Å². The normalized spacial score (nSPS) is 18.3. The van der Waals surface area contributed by atoms with Gasteiger partial charge in [-0.05, 0) is 6.07 Å². The van der Waals surface area contributed by atoms with Crippen LogP contribution in [0.2, 0.25) is 0 Å². The molecule has 2 rings (SSSR count). The zero-order valence-corrected chi connectivity index (χ0v) is 7.39. The first-order valence-corrected chi connectivity index (χ1v) is 4.12. The van der Waals surface area contributed by atoms with E-state index in [1.54, 1.807) is 6.07 Å². The molecule has 0 atom stereocenters. The Morgan fingerprint density at radius 3 is 2.27 bits per heavy atom. The monoisotopic (exact) mass is 213 g/mol. The van der Waals surface area contributed by atoms with Crippen molar-refractivity contribution in [1.82, 2.24) is 10.9 Å². The Bertz CT molecular complexity index is 429. The molecular formula is C9H6F3N3. The molecule has 1 saturated heterocycles. The van der Waals surface area contributed by atoms with E-state index in [9.17, 15) is 13.2 Å². The van der Waals surface area contributed by atoms with Crippen molar-refractivity contribution < 1.29 is 13.2 Å². The average Bonchev–Trinajstić information content (AvgIpc) is 2.97. The molecule has 1 aromatic rings.